The quantitative estimate of drug-likeness (QED) is 0.586. The Bertz CT molecular complexity index is 585. The first kappa shape index (κ1) is 18.8. The zero-order chi connectivity index (χ0) is 18.1. The lowest BCUT2D eigenvalue weighted by Gasteiger charge is -2.23. The Hall–Kier alpha value is -2.57. The second-order valence-electron chi connectivity index (χ2n) is 6.37. The summed E-state index contributed by atoms with van der Waals surface area (Å²) in [6.07, 6.45) is 5.70. The Balaban J connectivity index is 1.74. The van der Waals surface area contributed by atoms with E-state index in [0.717, 1.165) is 31.2 Å². The largest absolute Gasteiger partial charge is 0.368 e. The predicted octanol–water partition coefficient (Wildman–Crippen LogP) is 0.831. The van der Waals surface area contributed by atoms with Gasteiger partial charge in [-0.05, 0) is 18.4 Å². The van der Waals surface area contributed by atoms with Gasteiger partial charge in [-0.15, -0.1) is 0 Å². The van der Waals surface area contributed by atoms with Gasteiger partial charge in [-0.2, -0.15) is 0 Å². The van der Waals surface area contributed by atoms with Crippen molar-refractivity contribution in [3.05, 3.63) is 35.9 Å². The molecule has 7 nitrogen and oxygen atoms in total. The molecule has 2 rings (SSSR count). The van der Waals surface area contributed by atoms with E-state index in [-0.39, 0.29) is 18.6 Å². The van der Waals surface area contributed by atoms with Crippen LogP contribution in [0, 0.1) is 0 Å². The van der Waals surface area contributed by atoms with Gasteiger partial charge in [0.2, 0.25) is 11.8 Å². The SMILES string of the molecule is NC(=O)[C@@H](Cc1ccccc1)NC(=O)CNC(=O)NC1CCCCC1. The Morgan fingerprint density at radius 1 is 1.08 bits per heavy atom. The van der Waals surface area contributed by atoms with E-state index in [1.54, 1.807) is 0 Å². The van der Waals surface area contributed by atoms with Crippen LogP contribution in [0.15, 0.2) is 30.3 Å². The minimum atomic E-state index is -0.807. The lowest BCUT2D eigenvalue weighted by molar-refractivity contribution is -0.126. The fraction of sp³-hybridized carbons (Fsp3) is 0.500. The lowest BCUT2D eigenvalue weighted by atomic mass is 9.96. The normalized spacial score (nSPS) is 15.8. The van der Waals surface area contributed by atoms with Gasteiger partial charge in [0.05, 0.1) is 6.54 Å². The van der Waals surface area contributed by atoms with Crippen molar-refractivity contribution in [3.63, 3.8) is 0 Å². The van der Waals surface area contributed by atoms with Crippen LogP contribution in [0.2, 0.25) is 0 Å². The van der Waals surface area contributed by atoms with E-state index < -0.39 is 17.9 Å². The van der Waals surface area contributed by atoms with E-state index in [4.69, 9.17) is 5.73 Å². The molecule has 136 valence electrons. The fourth-order valence-electron chi connectivity index (χ4n) is 2.96. The smallest absolute Gasteiger partial charge is 0.315 e. The highest BCUT2D eigenvalue weighted by Gasteiger charge is 2.20. The van der Waals surface area contributed by atoms with Gasteiger partial charge in [0.1, 0.15) is 6.04 Å². The summed E-state index contributed by atoms with van der Waals surface area (Å²) in [7, 11) is 0. The van der Waals surface area contributed by atoms with Crippen LogP contribution < -0.4 is 21.7 Å². The second kappa shape index (κ2) is 9.66. The van der Waals surface area contributed by atoms with E-state index in [1.165, 1.54) is 6.42 Å². The number of nitrogens with one attached hydrogen (secondary N) is 3. The molecule has 4 amide bonds. The number of carbonyl (C=O) groups excluding carboxylic acids is 3. The summed E-state index contributed by atoms with van der Waals surface area (Å²) in [6, 6.07) is 8.30. The molecule has 1 aromatic carbocycles. The number of hydrogen-bond acceptors (Lipinski definition) is 3. The maximum absolute atomic E-state index is 12.0. The predicted molar refractivity (Wildman–Crippen MR) is 94.7 cm³/mol. The molecule has 1 aromatic rings. The fourth-order valence-corrected chi connectivity index (χ4v) is 2.96. The number of carbonyl (C=O) groups is 3. The third-order valence-corrected chi connectivity index (χ3v) is 4.31. The highest BCUT2D eigenvalue weighted by molar-refractivity contribution is 5.89. The molecular weight excluding hydrogens is 320 g/mol. The third-order valence-electron chi connectivity index (χ3n) is 4.31. The van der Waals surface area contributed by atoms with Gasteiger partial charge in [0, 0.05) is 12.5 Å². The van der Waals surface area contributed by atoms with Crippen LogP contribution >= 0.6 is 0 Å². The van der Waals surface area contributed by atoms with Crippen LogP contribution in [0.4, 0.5) is 4.79 Å². The molecule has 25 heavy (non-hydrogen) atoms. The summed E-state index contributed by atoms with van der Waals surface area (Å²) in [5.41, 5.74) is 6.26. The summed E-state index contributed by atoms with van der Waals surface area (Å²) in [5, 5.41) is 7.96. The molecule has 0 aromatic heterocycles. The molecule has 0 radical (unpaired) electrons. The first-order chi connectivity index (χ1) is 12.0. The molecule has 1 saturated carbocycles. The van der Waals surface area contributed by atoms with Crippen molar-refractivity contribution in [2.45, 2.75) is 50.6 Å². The minimum absolute atomic E-state index is 0.174. The number of urea groups is 1. The monoisotopic (exact) mass is 346 g/mol. The number of nitrogens with two attached hydrogens (primary N) is 1. The molecular formula is C18H26N4O3. The van der Waals surface area contributed by atoms with Gasteiger partial charge in [-0.3, -0.25) is 9.59 Å². The van der Waals surface area contributed by atoms with E-state index in [2.05, 4.69) is 16.0 Å². The molecule has 0 aliphatic heterocycles. The summed E-state index contributed by atoms with van der Waals surface area (Å²) < 4.78 is 0. The molecule has 0 unspecified atom stereocenters. The molecule has 0 bridgehead atoms. The van der Waals surface area contributed by atoms with Crippen LogP contribution in [0.3, 0.4) is 0 Å². The highest BCUT2D eigenvalue weighted by Crippen LogP contribution is 2.17. The van der Waals surface area contributed by atoms with Gasteiger partial charge < -0.3 is 21.7 Å². The van der Waals surface area contributed by atoms with E-state index in [9.17, 15) is 14.4 Å². The zero-order valence-corrected chi connectivity index (χ0v) is 14.3. The number of amides is 4. The molecule has 0 heterocycles. The van der Waals surface area contributed by atoms with Crippen LogP contribution in [0.1, 0.15) is 37.7 Å². The van der Waals surface area contributed by atoms with Gasteiger partial charge in [0.15, 0.2) is 0 Å². The second-order valence-corrected chi connectivity index (χ2v) is 6.37. The van der Waals surface area contributed by atoms with Gasteiger partial charge in [0.25, 0.3) is 0 Å². The molecule has 0 spiro atoms. The van der Waals surface area contributed by atoms with E-state index >= 15 is 0 Å². The summed E-state index contributed by atoms with van der Waals surface area (Å²) in [4.78, 5) is 35.4. The van der Waals surface area contributed by atoms with Gasteiger partial charge in [-0.1, -0.05) is 49.6 Å². The third kappa shape index (κ3) is 6.82. The molecule has 7 heteroatoms. The number of benzene rings is 1. The van der Waals surface area contributed by atoms with Crippen molar-refractivity contribution in [2.24, 2.45) is 5.73 Å². The van der Waals surface area contributed by atoms with Crippen molar-refractivity contribution in [1.29, 1.82) is 0 Å². The molecule has 1 fully saturated rings. The standard InChI is InChI=1S/C18H26N4O3/c19-17(24)15(11-13-7-3-1-4-8-13)22-16(23)12-20-18(25)21-14-9-5-2-6-10-14/h1,3-4,7-8,14-15H,2,5-6,9-12H2,(H2,19,24)(H,22,23)(H2,20,21,25)/t15-/m1/s1. The highest BCUT2D eigenvalue weighted by atomic mass is 16.2. The summed E-state index contributed by atoms with van der Waals surface area (Å²) >= 11 is 0. The van der Waals surface area contributed by atoms with Crippen molar-refractivity contribution in [1.82, 2.24) is 16.0 Å². The number of hydrogen-bond donors (Lipinski definition) is 4. The Morgan fingerprint density at radius 2 is 1.76 bits per heavy atom. The zero-order valence-electron chi connectivity index (χ0n) is 14.3. The average Bonchev–Trinajstić information content (AvgIpc) is 2.61. The van der Waals surface area contributed by atoms with Crippen LogP contribution in [-0.4, -0.2) is 36.5 Å². The molecule has 1 aliphatic carbocycles. The topological polar surface area (TPSA) is 113 Å². The van der Waals surface area contributed by atoms with Crippen molar-refractivity contribution < 1.29 is 14.4 Å². The summed E-state index contributed by atoms with van der Waals surface area (Å²) in [5.74, 6) is -1.05. The van der Waals surface area contributed by atoms with Crippen molar-refractivity contribution >= 4 is 17.8 Å². The van der Waals surface area contributed by atoms with Crippen LogP contribution in [-0.2, 0) is 16.0 Å². The average molecular weight is 346 g/mol. The molecule has 1 aliphatic rings. The maximum Gasteiger partial charge on any atom is 0.315 e. The van der Waals surface area contributed by atoms with Crippen LogP contribution in [0.25, 0.3) is 0 Å². The first-order valence-corrected chi connectivity index (χ1v) is 8.71. The van der Waals surface area contributed by atoms with Gasteiger partial charge >= 0.3 is 6.03 Å². The van der Waals surface area contributed by atoms with Gasteiger partial charge in [-0.25, -0.2) is 4.79 Å². The Morgan fingerprint density at radius 3 is 2.40 bits per heavy atom. The molecule has 5 N–H and O–H groups in total. The van der Waals surface area contributed by atoms with Crippen LogP contribution in [0.5, 0.6) is 0 Å². The maximum atomic E-state index is 12.0. The van der Waals surface area contributed by atoms with E-state index in [0.29, 0.717) is 6.42 Å². The minimum Gasteiger partial charge on any atom is -0.368 e. The van der Waals surface area contributed by atoms with Crippen molar-refractivity contribution in [3.8, 4) is 0 Å². The molecule has 0 saturated heterocycles. The van der Waals surface area contributed by atoms with E-state index in [1.807, 2.05) is 30.3 Å². The lowest BCUT2D eigenvalue weighted by Crippen LogP contribution is -2.51. The Kier molecular flexibility index (Phi) is 7.25. The first-order valence-electron chi connectivity index (χ1n) is 8.71. The summed E-state index contributed by atoms with van der Waals surface area (Å²) in [6.45, 7) is -0.197. The van der Waals surface area contributed by atoms with Crippen molar-refractivity contribution in [2.75, 3.05) is 6.54 Å². The number of rotatable bonds is 7. The Labute approximate surface area is 147 Å². The number of primary amides is 1. The molecule has 1 atom stereocenters.